The van der Waals surface area contributed by atoms with Gasteiger partial charge in [-0.15, -0.1) is 0 Å². The average molecular weight is 296 g/mol. The number of rotatable bonds is 6. The molecule has 3 nitrogen and oxygen atoms in total. The van der Waals surface area contributed by atoms with Crippen LogP contribution in [-0.4, -0.2) is 29.2 Å². The van der Waals surface area contributed by atoms with Crippen molar-refractivity contribution in [2.24, 2.45) is 23.7 Å². The van der Waals surface area contributed by atoms with Gasteiger partial charge in [-0.1, -0.05) is 13.8 Å². The Morgan fingerprint density at radius 3 is 1.75 bits per heavy atom. The first kappa shape index (κ1) is 15.0. The molecule has 0 unspecified atom stereocenters. The largest absolute Gasteiger partial charge is 0.316 e. The van der Waals surface area contributed by atoms with E-state index in [2.05, 4.69) is 42.9 Å². The van der Waals surface area contributed by atoms with Crippen LogP contribution in [0.2, 0.25) is 5.04 Å². The maximum Gasteiger partial charge on any atom is 0.287 e. The van der Waals surface area contributed by atoms with Crippen LogP contribution in [0.1, 0.15) is 52.4 Å². The monoisotopic (exact) mass is 295 g/mol. The van der Waals surface area contributed by atoms with Crippen molar-refractivity contribution in [3.05, 3.63) is 0 Å². The highest BCUT2D eigenvalue weighted by atomic mass is 28.4. The lowest BCUT2D eigenvalue weighted by molar-refractivity contribution is 0.0213. The van der Waals surface area contributed by atoms with Crippen molar-refractivity contribution in [3.63, 3.8) is 0 Å². The third kappa shape index (κ3) is 2.29. The van der Waals surface area contributed by atoms with E-state index >= 15 is 0 Å². The highest BCUT2D eigenvalue weighted by molar-refractivity contribution is 6.75. The minimum absolute atomic E-state index is 0.556. The van der Waals surface area contributed by atoms with Crippen molar-refractivity contribution in [2.45, 2.75) is 57.4 Å². The summed E-state index contributed by atoms with van der Waals surface area (Å²) < 4.78 is 0. The Kier molecular flexibility index (Phi) is 4.04. The Labute approximate surface area is 125 Å². The molecule has 0 radical (unpaired) electrons. The topological polar surface area (TPSA) is 36.1 Å². The summed E-state index contributed by atoms with van der Waals surface area (Å²) in [5, 5.41) is 0.556. The Hall–Kier alpha value is 0.0969. The summed E-state index contributed by atoms with van der Waals surface area (Å²) in [5.41, 5.74) is 0. The lowest BCUT2D eigenvalue weighted by Gasteiger charge is -2.62. The van der Waals surface area contributed by atoms with Crippen molar-refractivity contribution in [1.29, 1.82) is 0 Å². The number of hydrogen-bond donors (Lipinski definition) is 3. The van der Waals surface area contributed by atoms with Gasteiger partial charge in [-0.2, -0.15) is 0 Å². The molecule has 4 aliphatic rings. The standard InChI is InChI=1S/C16H33N3Si/c1-12(2)11-19-20(17-3,18-4)16-8-13-5-14(9-16)7-15(6-13)10-16/h12-15,17-19H,5-11H2,1-4H3. The summed E-state index contributed by atoms with van der Waals surface area (Å²) in [6.45, 7) is 5.77. The molecule has 0 aromatic heterocycles. The Morgan fingerprint density at radius 2 is 1.40 bits per heavy atom. The van der Waals surface area contributed by atoms with Crippen LogP contribution in [0.5, 0.6) is 0 Å². The summed E-state index contributed by atoms with van der Waals surface area (Å²) in [6, 6.07) is 0. The summed E-state index contributed by atoms with van der Waals surface area (Å²) in [7, 11) is 2.57. The highest BCUT2D eigenvalue weighted by Crippen LogP contribution is 2.66. The molecule has 0 aromatic rings. The third-order valence-electron chi connectivity index (χ3n) is 6.36. The molecule has 20 heavy (non-hydrogen) atoms. The molecule has 4 rings (SSSR count). The van der Waals surface area contributed by atoms with Crippen molar-refractivity contribution < 1.29 is 0 Å². The highest BCUT2D eigenvalue weighted by Gasteiger charge is 2.61. The second-order valence-electron chi connectivity index (χ2n) is 8.22. The molecule has 116 valence electrons. The molecule has 0 aliphatic heterocycles. The van der Waals surface area contributed by atoms with E-state index in [1.165, 1.54) is 38.5 Å². The van der Waals surface area contributed by atoms with E-state index in [1.54, 1.807) is 0 Å². The zero-order valence-corrected chi connectivity index (χ0v) is 14.8. The van der Waals surface area contributed by atoms with Crippen LogP contribution in [0.15, 0.2) is 0 Å². The van der Waals surface area contributed by atoms with Gasteiger partial charge in [0, 0.05) is 5.04 Å². The summed E-state index contributed by atoms with van der Waals surface area (Å²) in [4.78, 5) is 11.6. The van der Waals surface area contributed by atoms with Gasteiger partial charge in [0.25, 0.3) is 8.56 Å². The van der Waals surface area contributed by atoms with E-state index in [0.717, 1.165) is 30.2 Å². The van der Waals surface area contributed by atoms with Crippen molar-refractivity contribution in [2.75, 3.05) is 20.6 Å². The first-order valence-corrected chi connectivity index (χ1v) is 10.7. The smallest absolute Gasteiger partial charge is 0.287 e. The molecular formula is C16H33N3Si. The van der Waals surface area contributed by atoms with E-state index in [0.29, 0.717) is 5.04 Å². The molecule has 3 N–H and O–H groups in total. The lowest BCUT2D eigenvalue weighted by Crippen LogP contribution is -2.79. The first-order valence-electron chi connectivity index (χ1n) is 8.65. The lowest BCUT2D eigenvalue weighted by atomic mass is 9.56. The zero-order chi connectivity index (χ0) is 14.4. The average Bonchev–Trinajstić information content (AvgIpc) is 2.38. The Bertz CT molecular complexity index is 316. The molecule has 0 atom stereocenters. The van der Waals surface area contributed by atoms with E-state index in [9.17, 15) is 0 Å². The van der Waals surface area contributed by atoms with Crippen LogP contribution in [0.3, 0.4) is 0 Å². The zero-order valence-electron chi connectivity index (χ0n) is 13.8. The van der Waals surface area contributed by atoms with Gasteiger partial charge in [0.05, 0.1) is 0 Å². The van der Waals surface area contributed by atoms with Crippen molar-refractivity contribution in [1.82, 2.24) is 14.9 Å². The first-order chi connectivity index (χ1) is 9.52. The molecule has 4 saturated carbocycles. The second-order valence-corrected chi connectivity index (χ2v) is 12.1. The maximum absolute atomic E-state index is 4.01. The van der Waals surface area contributed by atoms with Gasteiger partial charge >= 0.3 is 0 Å². The van der Waals surface area contributed by atoms with Crippen molar-refractivity contribution in [3.8, 4) is 0 Å². The second kappa shape index (κ2) is 5.38. The van der Waals surface area contributed by atoms with E-state index in [4.69, 9.17) is 0 Å². The summed E-state index contributed by atoms with van der Waals surface area (Å²) >= 11 is 0. The molecule has 0 aromatic carbocycles. The van der Waals surface area contributed by atoms with Crippen molar-refractivity contribution >= 4 is 8.56 Å². The number of hydrogen-bond acceptors (Lipinski definition) is 3. The minimum atomic E-state index is -1.81. The van der Waals surface area contributed by atoms with Crippen LogP contribution in [0.4, 0.5) is 0 Å². The molecule has 4 fully saturated rings. The molecule has 0 heterocycles. The molecule has 4 aliphatic carbocycles. The van der Waals surface area contributed by atoms with Gasteiger partial charge in [0.2, 0.25) is 0 Å². The molecule has 0 spiro atoms. The van der Waals surface area contributed by atoms with Gasteiger partial charge < -0.3 is 14.9 Å². The van der Waals surface area contributed by atoms with E-state index < -0.39 is 8.56 Å². The quantitative estimate of drug-likeness (QED) is 0.659. The van der Waals surface area contributed by atoms with Gasteiger partial charge in [-0.25, -0.2) is 0 Å². The van der Waals surface area contributed by atoms with Crippen LogP contribution in [0, 0.1) is 23.7 Å². The number of nitrogens with one attached hydrogen (secondary N) is 3. The van der Waals surface area contributed by atoms with Crippen LogP contribution >= 0.6 is 0 Å². The predicted octanol–water partition coefficient (Wildman–Crippen LogP) is 2.58. The Morgan fingerprint density at radius 1 is 0.950 bits per heavy atom. The third-order valence-corrected chi connectivity index (χ3v) is 10.8. The molecule has 0 amide bonds. The fourth-order valence-electron chi connectivity index (χ4n) is 5.95. The SMILES string of the molecule is CN[Si](NC)(NCC(C)C)C12CC3CC(CC(C3)C1)C2. The van der Waals surface area contributed by atoms with Gasteiger partial charge in [-0.3, -0.25) is 0 Å². The minimum Gasteiger partial charge on any atom is -0.316 e. The normalized spacial score (nSPS) is 39.8. The fourth-order valence-corrected chi connectivity index (χ4v) is 10.5. The van der Waals surface area contributed by atoms with Crippen LogP contribution in [0.25, 0.3) is 0 Å². The summed E-state index contributed by atoms with van der Waals surface area (Å²) in [6.07, 6.45) is 9.00. The molecule has 4 heteroatoms. The maximum atomic E-state index is 4.01. The molecular weight excluding hydrogens is 262 g/mol. The van der Waals surface area contributed by atoms with Gasteiger partial charge in [0.15, 0.2) is 0 Å². The molecule has 4 bridgehead atoms. The predicted molar refractivity (Wildman–Crippen MR) is 87.6 cm³/mol. The van der Waals surface area contributed by atoms with Gasteiger partial charge in [-0.05, 0) is 82.8 Å². The Balaban J connectivity index is 1.86. The van der Waals surface area contributed by atoms with Crippen LogP contribution < -0.4 is 14.9 Å². The molecule has 0 saturated heterocycles. The summed E-state index contributed by atoms with van der Waals surface area (Å²) in [5.74, 6) is 3.79. The van der Waals surface area contributed by atoms with E-state index in [-0.39, 0.29) is 0 Å². The van der Waals surface area contributed by atoms with Gasteiger partial charge in [0.1, 0.15) is 0 Å². The van der Waals surface area contributed by atoms with Crippen LogP contribution in [-0.2, 0) is 0 Å². The van der Waals surface area contributed by atoms with E-state index in [1.807, 2.05) is 0 Å². The fraction of sp³-hybridized carbons (Fsp3) is 1.00.